The van der Waals surface area contributed by atoms with E-state index in [9.17, 15) is 4.79 Å². The van der Waals surface area contributed by atoms with Gasteiger partial charge in [0.05, 0.1) is 12.1 Å². The lowest BCUT2D eigenvalue weighted by atomic mass is 9.90. The first-order chi connectivity index (χ1) is 10.3. The zero-order chi connectivity index (χ0) is 16.4. The second-order valence-corrected chi connectivity index (χ2v) is 7.60. The van der Waals surface area contributed by atoms with E-state index in [4.69, 9.17) is 5.73 Å². The van der Waals surface area contributed by atoms with Crippen molar-refractivity contribution in [2.75, 3.05) is 0 Å². The molecule has 0 atom stereocenters. The standard InChI is InChI=1S/C18H24N2OS/c1-10(2)13-6-7-14(15(8-13)11(3)4)18-12(5)22-17(20-18)9-16(19)21/h6-8,10-11H,9H2,1-5H3,(H2,19,21). The van der Waals surface area contributed by atoms with E-state index in [2.05, 4.69) is 57.8 Å². The fraction of sp³-hybridized carbons (Fsp3) is 0.444. The van der Waals surface area contributed by atoms with Crippen molar-refractivity contribution in [3.8, 4) is 11.3 Å². The Morgan fingerprint density at radius 1 is 1.23 bits per heavy atom. The van der Waals surface area contributed by atoms with Crippen LogP contribution in [0.3, 0.4) is 0 Å². The average Bonchev–Trinajstić information content (AvgIpc) is 2.77. The largest absolute Gasteiger partial charge is 0.369 e. The Balaban J connectivity index is 2.52. The van der Waals surface area contributed by atoms with E-state index in [1.54, 1.807) is 11.3 Å². The number of carbonyl (C=O) groups is 1. The minimum atomic E-state index is -0.334. The number of carbonyl (C=O) groups excluding carboxylic acids is 1. The molecule has 1 aromatic heterocycles. The molecule has 2 N–H and O–H groups in total. The molecule has 3 nitrogen and oxygen atoms in total. The third-order valence-electron chi connectivity index (χ3n) is 3.79. The summed E-state index contributed by atoms with van der Waals surface area (Å²) in [6.45, 7) is 10.9. The lowest BCUT2D eigenvalue weighted by molar-refractivity contribution is -0.117. The molecule has 2 aromatic rings. The number of thiazole rings is 1. The lowest BCUT2D eigenvalue weighted by Crippen LogP contribution is -2.13. The Labute approximate surface area is 136 Å². The van der Waals surface area contributed by atoms with Gasteiger partial charge < -0.3 is 5.73 Å². The summed E-state index contributed by atoms with van der Waals surface area (Å²) in [5.41, 5.74) is 10.1. The maximum absolute atomic E-state index is 11.1. The van der Waals surface area contributed by atoms with Gasteiger partial charge in [0.2, 0.25) is 5.91 Å². The maximum atomic E-state index is 11.1. The van der Waals surface area contributed by atoms with Gasteiger partial charge in [0.25, 0.3) is 0 Å². The van der Waals surface area contributed by atoms with Gasteiger partial charge in [-0.3, -0.25) is 4.79 Å². The first kappa shape index (κ1) is 16.7. The molecule has 4 heteroatoms. The van der Waals surface area contributed by atoms with Crippen LogP contribution in [-0.4, -0.2) is 10.9 Å². The van der Waals surface area contributed by atoms with E-state index in [0.717, 1.165) is 15.6 Å². The molecule has 0 spiro atoms. The average molecular weight is 316 g/mol. The molecule has 0 unspecified atom stereocenters. The van der Waals surface area contributed by atoms with Gasteiger partial charge in [-0.2, -0.15) is 0 Å². The predicted octanol–water partition coefficient (Wildman–Crippen LogP) is 4.39. The minimum Gasteiger partial charge on any atom is -0.369 e. The first-order valence-corrected chi connectivity index (χ1v) is 8.50. The molecule has 1 aromatic carbocycles. The van der Waals surface area contributed by atoms with Crippen LogP contribution in [0.5, 0.6) is 0 Å². The summed E-state index contributed by atoms with van der Waals surface area (Å²) in [5, 5.41) is 0.794. The molecule has 0 aliphatic carbocycles. The van der Waals surface area contributed by atoms with Crippen LogP contribution in [0, 0.1) is 6.92 Å². The summed E-state index contributed by atoms with van der Waals surface area (Å²) in [6, 6.07) is 6.64. The molecule has 0 aliphatic rings. The number of benzene rings is 1. The molecular weight excluding hydrogens is 292 g/mol. The van der Waals surface area contributed by atoms with Gasteiger partial charge in [0.15, 0.2) is 0 Å². The number of rotatable bonds is 5. The predicted molar refractivity (Wildman–Crippen MR) is 93.4 cm³/mol. The van der Waals surface area contributed by atoms with E-state index >= 15 is 0 Å². The Bertz CT molecular complexity index is 686. The third-order valence-corrected chi connectivity index (χ3v) is 4.76. The van der Waals surface area contributed by atoms with Crippen molar-refractivity contribution in [3.05, 3.63) is 39.2 Å². The number of aromatic nitrogens is 1. The summed E-state index contributed by atoms with van der Waals surface area (Å²) in [5.74, 6) is 0.599. The Morgan fingerprint density at radius 2 is 1.91 bits per heavy atom. The van der Waals surface area contributed by atoms with Gasteiger partial charge in [0.1, 0.15) is 5.01 Å². The van der Waals surface area contributed by atoms with E-state index < -0.39 is 0 Å². The third kappa shape index (κ3) is 3.55. The fourth-order valence-corrected chi connectivity index (χ4v) is 3.52. The summed E-state index contributed by atoms with van der Waals surface area (Å²) in [7, 11) is 0. The highest BCUT2D eigenvalue weighted by atomic mass is 32.1. The minimum absolute atomic E-state index is 0.215. The number of hydrogen-bond acceptors (Lipinski definition) is 3. The number of amides is 1. The van der Waals surface area contributed by atoms with Crippen LogP contribution in [0.15, 0.2) is 18.2 Å². The van der Waals surface area contributed by atoms with Crippen LogP contribution >= 0.6 is 11.3 Å². The highest BCUT2D eigenvalue weighted by Crippen LogP contribution is 2.35. The van der Waals surface area contributed by atoms with Crippen molar-refractivity contribution >= 4 is 17.2 Å². The summed E-state index contributed by atoms with van der Waals surface area (Å²) in [6.07, 6.45) is 0.215. The topological polar surface area (TPSA) is 56.0 Å². The second kappa shape index (κ2) is 6.61. The fourth-order valence-electron chi connectivity index (χ4n) is 2.56. The van der Waals surface area contributed by atoms with Crippen molar-refractivity contribution in [2.45, 2.75) is 52.9 Å². The van der Waals surface area contributed by atoms with Crippen LogP contribution in [0.2, 0.25) is 0 Å². The maximum Gasteiger partial charge on any atom is 0.224 e. The number of primary amides is 1. The Morgan fingerprint density at radius 3 is 2.45 bits per heavy atom. The van der Waals surface area contributed by atoms with Crippen molar-refractivity contribution in [3.63, 3.8) is 0 Å². The van der Waals surface area contributed by atoms with Crippen LogP contribution in [0.4, 0.5) is 0 Å². The van der Waals surface area contributed by atoms with Crippen molar-refractivity contribution in [2.24, 2.45) is 5.73 Å². The number of hydrogen-bond donors (Lipinski definition) is 1. The molecule has 1 amide bonds. The van der Waals surface area contributed by atoms with Gasteiger partial charge in [-0.25, -0.2) is 4.98 Å². The smallest absolute Gasteiger partial charge is 0.224 e. The molecule has 118 valence electrons. The van der Waals surface area contributed by atoms with Crippen LogP contribution in [-0.2, 0) is 11.2 Å². The normalized spacial score (nSPS) is 11.4. The first-order valence-electron chi connectivity index (χ1n) is 7.68. The van der Waals surface area contributed by atoms with Crippen LogP contribution in [0.1, 0.15) is 60.5 Å². The molecular formula is C18H24N2OS. The zero-order valence-electron chi connectivity index (χ0n) is 13.9. The highest BCUT2D eigenvalue weighted by molar-refractivity contribution is 7.12. The molecule has 0 saturated heterocycles. The second-order valence-electron chi connectivity index (χ2n) is 6.31. The summed E-state index contributed by atoms with van der Waals surface area (Å²) < 4.78 is 0. The van der Waals surface area contributed by atoms with Crippen molar-refractivity contribution < 1.29 is 4.79 Å². The summed E-state index contributed by atoms with van der Waals surface area (Å²) >= 11 is 1.56. The van der Waals surface area contributed by atoms with Crippen molar-refractivity contribution in [1.29, 1.82) is 0 Å². The number of aryl methyl sites for hydroxylation is 1. The van der Waals surface area contributed by atoms with Gasteiger partial charge in [-0.05, 0) is 29.9 Å². The molecule has 0 saturated carbocycles. The monoisotopic (exact) mass is 316 g/mol. The Hall–Kier alpha value is -1.68. The van der Waals surface area contributed by atoms with E-state index in [0.29, 0.717) is 11.8 Å². The SMILES string of the molecule is Cc1sc(CC(N)=O)nc1-c1ccc(C(C)C)cc1C(C)C. The van der Waals surface area contributed by atoms with Gasteiger partial charge in [-0.1, -0.05) is 45.9 Å². The van der Waals surface area contributed by atoms with E-state index in [1.807, 2.05) is 0 Å². The lowest BCUT2D eigenvalue weighted by Gasteiger charge is -2.15. The van der Waals surface area contributed by atoms with Gasteiger partial charge >= 0.3 is 0 Å². The molecule has 0 radical (unpaired) electrons. The molecule has 1 heterocycles. The van der Waals surface area contributed by atoms with E-state index in [1.165, 1.54) is 16.7 Å². The zero-order valence-corrected chi connectivity index (χ0v) is 14.8. The quantitative estimate of drug-likeness (QED) is 0.889. The molecule has 0 fully saturated rings. The number of nitrogens with two attached hydrogens (primary N) is 1. The summed E-state index contributed by atoms with van der Waals surface area (Å²) in [4.78, 5) is 16.9. The van der Waals surface area contributed by atoms with Gasteiger partial charge in [0, 0.05) is 10.4 Å². The van der Waals surface area contributed by atoms with Crippen molar-refractivity contribution in [1.82, 2.24) is 4.98 Å². The van der Waals surface area contributed by atoms with Gasteiger partial charge in [-0.15, -0.1) is 11.3 Å². The Kier molecular flexibility index (Phi) is 5.01. The van der Waals surface area contributed by atoms with Crippen LogP contribution < -0.4 is 5.73 Å². The van der Waals surface area contributed by atoms with Crippen LogP contribution in [0.25, 0.3) is 11.3 Å². The number of nitrogens with zero attached hydrogens (tertiary/aromatic N) is 1. The molecule has 0 aliphatic heterocycles. The highest BCUT2D eigenvalue weighted by Gasteiger charge is 2.17. The molecule has 22 heavy (non-hydrogen) atoms. The molecule has 2 rings (SSSR count). The molecule has 0 bridgehead atoms. The van der Waals surface area contributed by atoms with E-state index in [-0.39, 0.29) is 12.3 Å².